The van der Waals surface area contributed by atoms with Crippen LogP contribution in [0.4, 0.5) is 13.2 Å². The molecule has 3 nitrogen and oxygen atoms in total. The zero-order valence-corrected chi connectivity index (χ0v) is 12.0. The first-order valence-corrected chi connectivity index (χ1v) is 6.46. The molecule has 106 valence electrons. The van der Waals surface area contributed by atoms with E-state index < -0.39 is 12.6 Å². The van der Waals surface area contributed by atoms with Gasteiger partial charge in [0.15, 0.2) is 5.96 Å². The number of nitrogens with zero attached hydrogens (tertiary/aromatic N) is 1. The van der Waals surface area contributed by atoms with Gasteiger partial charge in [0.1, 0.15) is 0 Å². The molecule has 7 heteroatoms. The van der Waals surface area contributed by atoms with Crippen LogP contribution in [0.5, 0.6) is 0 Å². The van der Waals surface area contributed by atoms with E-state index in [0.29, 0.717) is 12.5 Å². The van der Waals surface area contributed by atoms with Gasteiger partial charge in [0.2, 0.25) is 0 Å². The minimum atomic E-state index is -4.16. The third kappa shape index (κ3) is 7.05. The third-order valence-corrected chi connectivity index (χ3v) is 2.77. The van der Waals surface area contributed by atoms with Crippen LogP contribution in [0.15, 0.2) is 33.7 Å². The summed E-state index contributed by atoms with van der Waals surface area (Å²) in [6.07, 6.45) is -5.04. The number of rotatable bonds is 4. The number of hydrogen-bond donors (Lipinski definition) is 2. The number of benzene rings is 1. The van der Waals surface area contributed by atoms with E-state index >= 15 is 0 Å². The molecule has 0 saturated carbocycles. The predicted octanol–water partition coefficient (Wildman–Crippen LogP) is 3.07. The summed E-state index contributed by atoms with van der Waals surface area (Å²) in [5.41, 5.74) is 1.01. The molecule has 0 unspecified atom stereocenters. The van der Waals surface area contributed by atoms with Crippen molar-refractivity contribution in [3.8, 4) is 0 Å². The Labute approximate surface area is 118 Å². The second-order valence-electron chi connectivity index (χ2n) is 3.85. The largest absolute Gasteiger partial charge is 0.390 e. The number of halogens is 4. The fourth-order valence-corrected chi connectivity index (χ4v) is 1.82. The van der Waals surface area contributed by atoms with Gasteiger partial charge < -0.3 is 10.6 Å². The predicted molar refractivity (Wildman–Crippen MR) is 73.0 cm³/mol. The number of aliphatic imine (C=N–C) groups is 1. The van der Waals surface area contributed by atoms with E-state index in [0.717, 1.165) is 10.0 Å². The number of nitrogens with one attached hydrogen (secondary N) is 2. The lowest BCUT2D eigenvalue weighted by molar-refractivity contribution is -0.132. The molecule has 19 heavy (non-hydrogen) atoms. The quantitative estimate of drug-likeness (QED) is 0.654. The summed E-state index contributed by atoms with van der Waals surface area (Å²) in [6.45, 7) is 0.298. The summed E-state index contributed by atoms with van der Waals surface area (Å²) >= 11 is 3.35. The summed E-state index contributed by atoms with van der Waals surface area (Å²) in [5.74, 6) is 0.351. The van der Waals surface area contributed by atoms with Crippen LogP contribution in [0.3, 0.4) is 0 Å². The maximum Gasteiger partial charge on any atom is 0.390 e. The fourth-order valence-electron chi connectivity index (χ4n) is 1.38. The maximum absolute atomic E-state index is 12.0. The van der Waals surface area contributed by atoms with Gasteiger partial charge in [0, 0.05) is 24.6 Å². The van der Waals surface area contributed by atoms with Crippen LogP contribution in [0.1, 0.15) is 12.0 Å². The standard InChI is InChI=1S/C12H15BrF3N3/c1-17-11(18-6-5-12(14,15)16)19-8-9-3-2-4-10(13)7-9/h2-4,7H,5-6,8H2,1H3,(H2,17,18,19). The summed E-state index contributed by atoms with van der Waals surface area (Å²) in [7, 11) is 1.52. The lowest BCUT2D eigenvalue weighted by atomic mass is 10.2. The molecule has 1 aromatic carbocycles. The highest BCUT2D eigenvalue weighted by atomic mass is 79.9. The van der Waals surface area contributed by atoms with E-state index in [1.165, 1.54) is 7.05 Å². The number of hydrogen-bond acceptors (Lipinski definition) is 1. The molecule has 0 fully saturated rings. The van der Waals surface area contributed by atoms with Gasteiger partial charge in [-0.25, -0.2) is 0 Å². The second kappa shape index (κ2) is 7.37. The molecule has 0 bridgehead atoms. The van der Waals surface area contributed by atoms with Crippen molar-refractivity contribution in [2.24, 2.45) is 4.99 Å². The summed E-state index contributed by atoms with van der Waals surface area (Å²) in [5, 5.41) is 5.57. The molecular weight excluding hydrogens is 323 g/mol. The van der Waals surface area contributed by atoms with Crippen LogP contribution in [0.2, 0.25) is 0 Å². The van der Waals surface area contributed by atoms with Crippen LogP contribution in [-0.4, -0.2) is 25.7 Å². The first-order chi connectivity index (χ1) is 8.90. The Kier molecular flexibility index (Phi) is 6.14. The van der Waals surface area contributed by atoms with Crippen LogP contribution >= 0.6 is 15.9 Å². The molecule has 0 atom stereocenters. The first-order valence-electron chi connectivity index (χ1n) is 5.66. The highest BCUT2D eigenvalue weighted by Crippen LogP contribution is 2.18. The van der Waals surface area contributed by atoms with Crippen molar-refractivity contribution in [1.29, 1.82) is 0 Å². The molecule has 0 aliphatic heterocycles. The Balaban J connectivity index is 2.37. The van der Waals surface area contributed by atoms with Crippen molar-refractivity contribution < 1.29 is 13.2 Å². The van der Waals surface area contributed by atoms with E-state index in [2.05, 4.69) is 31.6 Å². The molecule has 0 spiro atoms. The summed E-state index contributed by atoms with van der Waals surface area (Å²) in [4.78, 5) is 3.86. The number of alkyl halides is 3. The monoisotopic (exact) mass is 337 g/mol. The zero-order chi connectivity index (χ0) is 14.3. The minimum Gasteiger partial charge on any atom is -0.356 e. The van der Waals surface area contributed by atoms with Crippen molar-refractivity contribution in [2.75, 3.05) is 13.6 Å². The Hall–Kier alpha value is -1.24. The summed E-state index contributed by atoms with van der Waals surface area (Å²) < 4.78 is 36.9. The van der Waals surface area contributed by atoms with Crippen LogP contribution < -0.4 is 10.6 Å². The maximum atomic E-state index is 12.0. The van der Waals surface area contributed by atoms with Gasteiger partial charge in [0.25, 0.3) is 0 Å². The van der Waals surface area contributed by atoms with Gasteiger partial charge in [-0.15, -0.1) is 0 Å². The molecule has 2 N–H and O–H groups in total. The average molecular weight is 338 g/mol. The Morgan fingerprint density at radius 1 is 1.32 bits per heavy atom. The zero-order valence-electron chi connectivity index (χ0n) is 10.4. The Bertz CT molecular complexity index is 432. The molecule has 0 amide bonds. The molecule has 1 rings (SSSR count). The van der Waals surface area contributed by atoms with Crippen molar-refractivity contribution in [3.63, 3.8) is 0 Å². The van der Waals surface area contributed by atoms with Crippen molar-refractivity contribution in [2.45, 2.75) is 19.1 Å². The van der Waals surface area contributed by atoms with Gasteiger partial charge in [-0.1, -0.05) is 28.1 Å². The molecular formula is C12H15BrF3N3. The van der Waals surface area contributed by atoms with Gasteiger partial charge in [-0.3, -0.25) is 4.99 Å². The minimum absolute atomic E-state index is 0.193. The fraction of sp³-hybridized carbons (Fsp3) is 0.417. The topological polar surface area (TPSA) is 36.4 Å². The van der Waals surface area contributed by atoms with Gasteiger partial charge in [-0.2, -0.15) is 13.2 Å². The molecule has 0 saturated heterocycles. The smallest absolute Gasteiger partial charge is 0.356 e. The lowest BCUT2D eigenvalue weighted by Crippen LogP contribution is -2.38. The number of guanidine groups is 1. The van der Waals surface area contributed by atoms with Crippen LogP contribution in [-0.2, 0) is 6.54 Å². The van der Waals surface area contributed by atoms with E-state index in [4.69, 9.17) is 0 Å². The van der Waals surface area contributed by atoms with Gasteiger partial charge in [0.05, 0.1) is 6.42 Å². The van der Waals surface area contributed by atoms with Crippen LogP contribution in [0, 0.1) is 0 Å². The first kappa shape index (κ1) is 15.8. The third-order valence-electron chi connectivity index (χ3n) is 2.27. The van der Waals surface area contributed by atoms with E-state index in [1.54, 1.807) is 0 Å². The molecule has 0 aliphatic carbocycles. The van der Waals surface area contributed by atoms with Crippen molar-refractivity contribution in [1.82, 2.24) is 10.6 Å². The highest BCUT2D eigenvalue weighted by molar-refractivity contribution is 9.10. The average Bonchev–Trinajstić information content (AvgIpc) is 2.32. The summed E-state index contributed by atoms with van der Waals surface area (Å²) in [6, 6.07) is 7.64. The Morgan fingerprint density at radius 2 is 2.05 bits per heavy atom. The van der Waals surface area contributed by atoms with Gasteiger partial charge >= 0.3 is 6.18 Å². The molecule has 0 heterocycles. The van der Waals surface area contributed by atoms with E-state index in [1.807, 2.05) is 24.3 Å². The molecule has 0 aliphatic rings. The van der Waals surface area contributed by atoms with Gasteiger partial charge in [-0.05, 0) is 17.7 Å². The molecule has 1 aromatic rings. The SMILES string of the molecule is CN=C(NCCC(F)(F)F)NCc1cccc(Br)c1. The lowest BCUT2D eigenvalue weighted by Gasteiger charge is -2.13. The Morgan fingerprint density at radius 3 is 2.63 bits per heavy atom. The van der Waals surface area contributed by atoms with E-state index in [-0.39, 0.29) is 6.54 Å². The normalized spacial score (nSPS) is 12.4. The van der Waals surface area contributed by atoms with Crippen molar-refractivity contribution >= 4 is 21.9 Å². The second-order valence-corrected chi connectivity index (χ2v) is 4.76. The highest BCUT2D eigenvalue weighted by Gasteiger charge is 2.26. The molecule has 0 aromatic heterocycles. The van der Waals surface area contributed by atoms with Crippen molar-refractivity contribution in [3.05, 3.63) is 34.3 Å². The van der Waals surface area contributed by atoms with Crippen LogP contribution in [0.25, 0.3) is 0 Å². The van der Waals surface area contributed by atoms with E-state index in [9.17, 15) is 13.2 Å². The molecule has 0 radical (unpaired) electrons.